The van der Waals surface area contributed by atoms with Gasteiger partial charge < -0.3 is 14.8 Å². The van der Waals surface area contributed by atoms with Gasteiger partial charge in [0.05, 0.1) is 25.0 Å². The number of hydrogen-bond acceptors (Lipinski definition) is 4. The van der Waals surface area contributed by atoms with Crippen molar-refractivity contribution in [2.45, 2.75) is 12.8 Å². The Morgan fingerprint density at radius 3 is 2.80 bits per heavy atom. The first-order valence-electron chi connectivity index (χ1n) is 6.35. The lowest BCUT2D eigenvalue weighted by molar-refractivity contribution is -0.120. The molecule has 0 aliphatic heterocycles. The highest BCUT2D eigenvalue weighted by Gasteiger charge is 2.21. The lowest BCUT2D eigenvalue weighted by Crippen LogP contribution is -2.20. The molecule has 1 aromatic rings. The Balaban J connectivity index is 1.92. The summed E-state index contributed by atoms with van der Waals surface area (Å²) in [4.78, 5) is 22.9. The van der Waals surface area contributed by atoms with E-state index in [1.807, 2.05) is 0 Å². The molecule has 0 atom stereocenters. The van der Waals surface area contributed by atoms with Crippen LogP contribution in [0.5, 0.6) is 0 Å². The summed E-state index contributed by atoms with van der Waals surface area (Å²) in [7, 11) is 1.23. The molecule has 0 radical (unpaired) electrons. The van der Waals surface area contributed by atoms with Gasteiger partial charge in [0, 0.05) is 0 Å². The standard InChI is InChI=1S/C14H16FNO4/c1-19-14(18)10-4-5-11(15)12(6-10)16-13(17)8-20-7-9-2-3-9/h4-6,9H,2-3,7-8H2,1H3,(H,16,17). The van der Waals surface area contributed by atoms with Crippen LogP contribution < -0.4 is 5.32 Å². The lowest BCUT2D eigenvalue weighted by Gasteiger charge is -2.08. The van der Waals surface area contributed by atoms with E-state index in [4.69, 9.17) is 4.74 Å². The van der Waals surface area contributed by atoms with Gasteiger partial charge in [0.2, 0.25) is 5.91 Å². The monoisotopic (exact) mass is 281 g/mol. The summed E-state index contributed by atoms with van der Waals surface area (Å²) in [5.74, 6) is -1.10. The van der Waals surface area contributed by atoms with E-state index in [9.17, 15) is 14.0 Å². The van der Waals surface area contributed by atoms with Crippen molar-refractivity contribution in [2.75, 3.05) is 25.6 Å². The van der Waals surface area contributed by atoms with E-state index in [0.717, 1.165) is 18.9 Å². The predicted molar refractivity (Wildman–Crippen MR) is 69.9 cm³/mol. The molecule has 5 nitrogen and oxygen atoms in total. The van der Waals surface area contributed by atoms with Crippen LogP contribution in [-0.2, 0) is 14.3 Å². The molecule has 1 N–H and O–H groups in total. The highest BCUT2D eigenvalue weighted by Crippen LogP contribution is 2.28. The lowest BCUT2D eigenvalue weighted by atomic mass is 10.2. The van der Waals surface area contributed by atoms with E-state index in [-0.39, 0.29) is 17.9 Å². The minimum Gasteiger partial charge on any atom is -0.465 e. The Hall–Kier alpha value is -1.95. The van der Waals surface area contributed by atoms with Crippen molar-refractivity contribution in [3.8, 4) is 0 Å². The first-order valence-corrected chi connectivity index (χ1v) is 6.35. The van der Waals surface area contributed by atoms with E-state index >= 15 is 0 Å². The molecule has 0 saturated heterocycles. The van der Waals surface area contributed by atoms with Crippen molar-refractivity contribution >= 4 is 17.6 Å². The SMILES string of the molecule is COC(=O)c1ccc(F)c(NC(=O)COCC2CC2)c1. The van der Waals surface area contributed by atoms with Crippen LogP contribution >= 0.6 is 0 Å². The molecule has 1 fully saturated rings. The van der Waals surface area contributed by atoms with Crippen LogP contribution in [0.4, 0.5) is 10.1 Å². The molecule has 6 heteroatoms. The molecule has 1 saturated carbocycles. The number of benzene rings is 1. The molecule has 108 valence electrons. The Morgan fingerprint density at radius 2 is 2.15 bits per heavy atom. The zero-order valence-corrected chi connectivity index (χ0v) is 11.1. The number of amides is 1. The second kappa shape index (κ2) is 6.47. The zero-order chi connectivity index (χ0) is 14.5. The van der Waals surface area contributed by atoms with Gasteiger partial charge in [0.25, 0.3) is 0 Å². The number of nitrogens with one attached hydrogen (secondary N) is 1. The number of hydrogen-bond donors (Lipinski definition) is 1. The van der Waals surface area contributed by atoms with E-state index < -0.39 is 17.7 Å². The van der Waals surface area contributed by atoms with Crippen LogP contribution in [0.2, 0.25) is 0 Å². The third-order valence-corrected chi connectivity index (χ3v) is 2.95. The van der Waals surface area contributed by atoms with Gasteiger partial charge in [0.15, 0.2) is 0 Å². The van der Waals surface area contributed by atoms with Crippen LogP contribution in [0, 0.1) is 11.7 Å². The molecular weight excluding hydrogens is 265 g/mol. The smallest absolute Gasteiger partial charge is 0.337 e. The van der Waals surface area contributed by atoms with Gasteiger partial charge in [-0.2, -0.15) is 0 Å². The molecule has 1 aliphatic rings. The summed E-state index contributed by atoms with van der Waals surface area (Å²) in [5, 5.41) is 2.38. The molecule has 1 aliphatic carbocycles. The zero-order valence-electron chi connectivity index (χ0n) is 11.1. The number of carbonyl (C=O) groups is 2. The van der Waals surface area contributed by atoms with E-state index in [1.165, 1.54) is 19.2 Å². The molecular formula is C14H16FNO4. The molecule has 2 rings (SSSR count). The number of ether oxygens (including phenoxy) is 2. The molecule has 0 aromatic heterocycles. The average Bonchev–Trinajstić information content (AvgIpc) is 3.24. The van der Waals surface area contributed by atoms with Crippen molar-refractivity contribution in [3.63, 3.8) is 0 Å². The fourth-order valence-corrected chi connectivity index (χ4v) is 1.65. The molecule has 0 unspecified atom stereocenters. The Morgan fingerprint density at radius 1 is 1.40 bits per heavy atom. The fourth-order valence-electron chi connectivity index (χ4n) is 1.65. The minimum atomic E-state index is -0.617. The Bertz CT molecular complexity index is 514. The van der Waals surface area contributed by atoms with Gasteiger partial charge in [-0.05, 0) is 37.0 Å². The summed E-state index contributed by atoms with van der Waals surface area (Å²) in [5.41, 5.74) is 0.107. The largest absolute Gasteiger partial charge is 0.465 e. The Kier molecular flexibility index (Phi) is 4.68. The number of halogens is 1. The number of carbonyl (C=O) groups excluding carboxylic acids is 2. The third kappa shape index (κ3) is 4.03. The van der Waals surface area contributed by atoms with Crippen molar-refractivity contribution in [3.05, 3.63) is 29.6 Å². The number of esters is 1. The second-order valence-corrected chi connectivity index (χ2v) is 4.69. The highest BCUT2D eigenvalue weighted by atomic mass is 19.1. The summed E-state index contributed by atoms with van der Waals surface area (Å²) in [6.45, 7) is 0.427. The summed E-state index contributed by atoms with van der Waals surface area (Å²) >= 11 is 0. The summed E-state index contributed by atoms with van der Waals surface area (Å²) < 4.78 is 23.3. The summed E-state index contributed by atoms with van der Waals surface area (Å²) in [6.07, 6.45) is 2.27. The van der Waals surface area contributed by atoms with E-state index in [1.54, 1.807) is 0 Å². The maximum atomic E-state index is 13.6. The quantitative estimate of drug-likeness (QED) is 0.810. The van der Waals surface area contributed by atoms with Crippen LogP contribution in [0.1, 0.15) is 23.2 Å². The van der Waals surface area contributed by atoms with Crippen molar-refractivity contribution in [2.24, 2.45) is 5.92 Å². The van der Waals surface area contributed by atoms with Crippen LogP contribution in [-0.4, -0.2) is 32.2 Å². The van der Waals surface area contributed by atoms with Crippen LogP contribution in [0.25, 0.3) is 0 Å². The third-order valence-electron chi connectivity index (χ3n) is 2.95. The normalized spacial score (nSPS) is 13.9. The minimum absolute atomic E-state index is 0.0621. The number of methoxy groups -OCH3 is 1. The summed E-state index contributed by atoms with van der Waals surface area (Å²) in [6, 6.07) is 3.63. The van der Waals surface area contributed by atoms with E-state index in [2.05, 4.69) is 10.1 Å². The highest BCUT2D eigenvalue weighted by molar-refractivity contribution is 5.95. The van der Waals surface area contributed by atoms with Gasteiger partial charge in [-0.3, -0.25) is 4.79 Å². The maximum Gasteiger partial charge on any atom is 0.337 e. The maximum absolute atomic E-state index is 13.6. The fraction of sp³-hybridized carbons (Fsp3) is 0.429. The van der Waals surface area contributed by atoms with Gasteiger partial charge in [-0.25, -0.2) is 9.18 Å². The average molecular weight is 281 g/mol. The molecule has 0 heterocycles. The number of anilines is 1. The molecule has 0 bridgehead atoms. The molecule has 0 spiro atoms. The van der Waals surface area contributed by atoms with E-state index in [0.29, 0.717) is 12.5 Å². The van der Waals surface area contributed by atoms with Gasteiger partial charge >= 0.3 is 5.97 Å². The first-order chi connectivity index (χ1) is 9.60. The predicted octanol–water partition coefficient (Wildman–Crippen LogP) is 1.98. The van der Waals surface area contributed by atoms with Crippen molar-refractivity contribution < 1.29 is 23.5 Å². The Labute approximate surface area is 116 Å². The van der Waals surface area contributed by atoms with Gasteiger partial charge in [0.1, 0.15) is 12.4 Å². The van der Waals surface area contributed by atoms with Gasteiger partial charge in [-0.15, -0.1) is 0 Å². The van der Waals surface area contributed by atoms with Crippen LogP contribution in [0.3, 0.4) is 0 Å². The van der Waals surface area contributed by atoms with Crippen molar-refractivity contribution in [1.82, 2.24) is 0 Å². The van der Waals surface area contributed by atoms with Gasteiger partial charge in [-0.1, -0.05) is 0 Å². The first kappa shape index (κ1) is 14.5. The van der Waals surface area contributed by atoms with Crippen molar-refractivity contribution in [1.29, 1.82) is 0 Å². The molecule has 1 amide bonds. The second-order valence-electron chi connectivity index (χ2n) is 4.69. The topological polar surface area (TPSA) is 64.6 Å². The molecule has 1 aromatic carbocycles. The molecule has 20 heavy (non-hydrogen) atoms. The van der Waals surface area contributed by atoms with Crippen LogP contribution in [0.15, 0.2) is 18.2 Å². The number of rotatable bonds is 6.